The molecule has 0 aliphatic rings. The standard InChI is InChI=1S/C15H16N4O2/c1-9-4-3-5-12(18-9)15(20)19-13-6-10(8-16)11(17)7-14(13)21-2/h3-8,16H,17H2,1-2H3,(H,19,20). The van der Waals surface area contributed by atoms with E-state index < -0.39 is 0 Å². The van der Waals surface area contributed by atoms with Crippen LogP contribution < -0.4 is 15.8 Å². The van der Waals surface area contributed by atoms with E-state index in [1.54, 1.807) is 24.3 Å². The molecule has 1 amide bonds. The number of methoxy groups -OCH3 is 1. The molecule has 0 bridgehead atoms. The molecule has 1 aromatic heterocycles. The van der Waals surface area contributed by atoms with Crippen molar-refractivity contribution in [2.24, 2.45) is 0 Å². The van der Waals surface area contributed by atoms with Gasteiger partial charge >= 0.3 is 0 Å². The zero-order valence-corrected chi connectivity index (χ0v) is 11.8. The summed E-state index contributed by atoms with van der Waals surface area (Å²) < 4.78 is 5.20. The molecule has 0 saturated heterocycles. The lowest BCUT2D eigenvalue weighted by Crippen LogP contribution is -2.15. The van der Waals surface area contributed by atoms with E-state index in [2.05, 4.69) is 10.3 Å². The van der Waals surface area contributed by atoms with E-state index in [-0.39, 0.29) is 5.91 Å². The van der Waals surface area contributed by atoms with Crippen molar-refractivity contribution in [3.63, 3.8) is 0 Å². The smallest absolute Gasteiger partial charge is 0.274 e. The second-order valence-corrected chi connectivity index (χ2v) is 4.44. The maximum Gasteiger partial charge on any atom is 0.274 e. The number of anilines is 2. The summed E-state index contributed by atoms with van der Waals surface area (Å²) in [4.78, 5) is 16.4. The molecule has 0 fully saturated rings. The van der Waals surface area contributed by atoms with Crippen molar-refractivity contribution in [2.75, 3.05) is 18.2 Å². The molecule has 1 heterocycles. The molecule has 4 N–H and O–H groups in total. The second-order valence-electron chi connectivity index (χ2n) is 4.44. The molecule has 0 unspecified atom stereocenters. The highest BCUT2D eigenvalue weighted by Gasteiger charge is 2.13. The average Bonchev–Trinajstić information content (AvgIpc) is 2.48. The molecule has 0 radical (unpaired) electrons. The minimum absolute atomic E-state index is 0.310. The number of nitrogen functional groups attached to an aromatic ring is 1. The van der Waals surface area contributed by atoms with Crippen molar-refractivity contribution in [1.29, 1.82) is 5.41 Å². The highest BCUT2D eigenvalue weighted by atomic mass is 16.5. The van der Waals surface area contributed by atoms with Gasteiger partial charge in [-0.15, -0.1) is 0 Å². The summed E-state index contributed by atoms with van der Waals surface area (Å²) in [7, 11) is 1.49. The summed E-state index contributed by atoms with van der Waals surface area (Å²) in [5.41, 5.74) is 8.21. The van der Waals surface area contributed by atoms with Gasteiger partial charge in [0.15, 0.2) is 0 Å². The van der Waals surface area contributed by atoms with Gasteiger partial charge in [0.2, 0.25) is 0 Å². The molecule has 6 heteroatoms. The minimum atomic E-state index is -0.349. The first-order chi connectivity index (χ1) is 10.0. The molecule has 21 heavy (non-hydrogen) atoms. The highest BCUT2D eigenvalue weighted by Crippen LogP contribution is 2.29. The van der Waals surface area contributed by atoms with Crippen molar-refractivity contribution in [3.05, 3.63) is 47.3 Å². The van der Waals surface area contributed by atoms with Crippen molar-refractivity contribution >= 4 is 23.5 Å². The number of benzene rings is 1. The predicted molar refractivity (Wildman–Crippen MR) is 82.2 cm³/mol. The Balaban J connectivity index is 2.34. The fraction of sp³-hybridized carbons (Fsp3) is 0.133. The summed E-state index contributed by atoms with van der Waals surface area (Å²) in [6.07, 6.45) is 1.12. The number of rotatable bonds is 4. The Morgan fingerprint density at radius 1 is 1.43 bits per heavy atom. The van der Waals surface area contributed by atoms with Crippen molar-refractivity contribution < 1.29 is 9.53 Å². The van der Waals surface area contributed by atoms with Crippen LogP contribution >= 0.6 is 0 Å². The first kappa shape index (κ1) is 14.5. The van der Waals surface area contributed by atoms with Crippen LogP contribution in [0.5, 0.6) is 5.75 Å². The first-order valence-corrected chi connectivity index (χ1v) is 6.28. The zero-order valence-electron chi connectivity index (χ0n) is 11.8. The van der Waals surface area contributed by atoms with Gasteiger partial charge in [0, 0.05) is 29.2 Å². The average molecular weight is 284 g/mol. The summed E-state index contributed by atoms with van der Waals surface area (Å²) in [5.74, 6) is 0.0804. The van der Waals surface area contributed by atoms with Gasteiger partial charge in [0.05, 0.1) is 12.8 Å². The molecule has 0 saturated carbocycles. The largest absolute Gasteiger partial charge is 0.494 e. The van der Waals surface area contributed by atoms with E-state index in [9.17, 15) is 4.79 Å². The summed E-state index contributed by atoms with van der Waals surface area (Å²) in [5, 5.41) is 10.0. The number of ether oxygens (including phenoxy) is 1. The maximum atomic E-state index is 12.2. The van der Waals surface area contributed by atoms with Gasteiger partial charge in [-0.2, -0.15) is 0 Å². The monoisotopic (exact) mass is 284 g/mol. The van der Waals surface area contributed by atoms with Gasteiger partial charge in [0.1, 0.15) is 11.4 Å². The Kier molecular flexibility index (Phi) is 4.18. The Morgan fingerprint density at radius 2 is 2.19 bits per heavy atom. The number of aromatic nitrogens is 1. The SMILES string of the molecule is COc1cc(N)c(C=N)cc1NC(=O)c1cccc(C)n1. The molecule has 0 atom stereocenters. The Hall–Kier alpha value is -2.89. The number of pyridine rings is 1. The van der Waals surface area contributed by atoms with Crippen molar-refractivity contribution in [1.82, 2.24) is 4.98 Å². The predicted octanol–water partition coefficient (Wildman–Crippen LogP) is 2.23. The molecule has 2 rings (SSSR count). The van der Waals surface area contributed by atoms with Crippen LogP contribution in [-0.2, 0) is 0 Å². The Labute approximate surface area is 122 Å². The van der Waals surface area contributed by atoms with Crippen molar-refractivity contribution in [3.8, 4) is 5.75 Å². The number of carbonyl (C=O) groups is 1. The third-order valence-corrected chi connectivity index (χ3v) is 2.93. The van der Waals surface area contributed by atoms with E-state index in [4.69, 9.17) is 15.9 Å². The second kappa shape index (κ2) is 6.04. The number of nitrogens with two attached hydrogens (primary N) is 1. The minimum Gasteiger partial charge on any atom is -0.494 e. The van der Waals surface area contributed by atoms with Crippen LogP contribution in [0.4, 0.5) is 11.4 Å². The molecule has 0 aliphatic heterocycles. The Bertz CT molecular complexity index is 698. The summed E-state index contributed by atoms with van der Waals surface area (Å²) in [6, 6.07) is 8.37. The van der Waals surface area contributed by atoms with Crippen LogP contribution in [0, 0.1) is 12.3 Å². The van der Waals surface area contributed by atoms with E-state index in [0.717, 1.165) is 11.9 Å². The van der Waals surface area contributed by atoms with Gasteiger partial charge < -0.3 is 21.2 Å². The molecule has 2 aromatic rings. The third-order valence-electron chi connectivity index (χ3n) is 2.93. The summed E-state index contributed by atoms with van der Waals surface area (Å²) >= 11 is 0. The van der Waals surface area contributed by atoms with Crippen LogP contribution in [0.1, 0.15) is 21.7 Å². The number of carbonyl (C=O) groups excluding carboxylic acids is 1. The molecule has 0 aliphatic carbocycles. The van der Waals surface area contributed by atoms with Crippen LogP contribution in [0.25, 0.3) is 0 Å². The van der Waals surface area contributed by atoms with Gasteiger partial charge in [-0.05, 0) is 25.1 Å². The van der Waals surface area contributed by atoms with Gasteiger partial charge in [0.25, 0.3) is 5.91 Å². The molecule has 0 spiro atoms. The molecule has 108 valence electrons. The van der Waals surface area contributed by atoms with E-state index in [1.807, 2.05) is 13.0 Å². The van der Waals surface area contributed by atoms with E-state index >= 15 is 0 Å². The molecular weight excluding hydrogens is 268 g/mol. The lowest BCUT2D eigenvalue weighted by molar-refractivity contribution is 0.102. The topological polar surface area (TPSA) is 101 Å². The number of hydrogen-bond acceptors (Lipinski definition) is 5. The molecular formula is C15H16N4O2. The number of nitrogens with zero attached hydrogens (tertiary/aromatic N) is 1. The van der Waals surface area contributed by atoms with E-state index in [1.165, 1.54) is 7.11 Å². The van der Waals surface area contributed by atoms with Gasteiger partial charge in [-0.25, -0.2) is 4.98 Å². The van der Waals surface area contributed by atoms with Crippen LogP contribution in [0.2, 0.25) is 0 Å². The number of aryl methyl sites for hydroxylation is 1. The van der Waals surface area contributed by atoms with Crippen molar-refractivity contribution in [2.45, 2.75) is 6.92 Å². The lowest BCUT2D eigenvalue weighted by atomic mass is 10.1. The fourth-order valence-corrected chi connectivity index (χ4v) is 1.86. The van der Waals surface area contributed by atoms with Gasteiger partial charge in [-0.1, -0.05) is 6.07 Å². The fourth-order valence-electron chi connectivity index (χ4n) is 1.86. The zero-order chi connectivity index (χ0) is 15.4. The number of nitrogens with one attached hydrogen (secondary N) is 2. The first-order valence-electron chi connectivity index (χ1n) is 6.28. The summed E-state index contributed by atoms with van der Waals surface area (Å²) in [6.45, 7) is 1.81. The number of amides is 1. The highest BCUT2D eigenvalue weighted by molar-refractivity contribution is 6.04. The molecule has 1 aromatic carbocycles. The lowest BCUT2D eigenvalue weighted by Gasteiger charge is -2.12. The molecule has 6 nitrogen and oxygen atoms in total. The van der Waals surface area contributed by atoms with Gasteiger partial charge in [-0.3, -0.25) is 4.79 Å². The Morgan fingerprint density at radius 3 is 2.81 bits per heavy atom. The number of hydrogen-bond donors (Lipinski definition) is 3. The maximum absolute atomic E-state index is 12.2. The normalized spacial score (nSPS) is 10.0. The quantitative estimate of drug-likeness (QED) is 0.592. The van der Waals surface area contributed by atoms with Crippen LogP contribution in [0.15, 0.2) is 30.3 Å². The van der Waals surface area contributed by atoms with E-state index in [0.29, 0.717) is 28.4 Å². The van der Waals surface area contributed by atoms with Crippen LogP contribution in [-0.4, -0.2) is 24.2 Å². The third kappa shape index (κ3) is 3.17. The van der Waals surface area contributed by atoms with Crippen LogP contribution in [0.3, 0.4) is 0 Å².